The molecule has 0 bridgehead atoms. The van der Waals surface area contributed by atoms with Crippen LogP contribution in [0.2, 0.25) is 0 Å². The minimum absolute atomic E-state index is 0.201. The van der Waals surface area contributed by atoms with E-state index in [1.54, 1.807) is 24.3 Å². The molecule has 1 saturated heterocycles. The van der Waals surface area contributed by atoms with Crippen LogP contribution in [-0.4, -0.2) is 29.7 Å². The van der Waals surface area contributed by atoms with Crippen LogP contribution in [0.25, 0.3) is 11.1 Å². The molecule has 0 unspecified atom stereocenters. The maximum atomic E-state index is 14.6. The van der Waals surface area contributed by atoms with E-state index in [1.807, 2.05) is 18.5 Å². The standard InChI is InChI=1S/C25H24F2N4O/c1-2-17-14-29-25(30-15-17)31-8-6-18(7-9-31)16-32-24-22(26)11-21(12-23(24)27)20-5-3-4-19(10-20)13-28/h3-5,10-12,14-15,18H,2,6-9,16H2,1H3. The molecule has 0 spiro atoms. The van der Waals surface area contributed by atoms with Crippen molar-refractivity contribution in [2.45, 2.75) is 26.2 Å². The third-order valence-electron chi connectivity index (χ3n) is 5.78. The molecule has 2 heterocycles. The Balaban J connectivity index is 1.36. The molecule has 0 amide bonds. The Labute approximate surface area is 186 Å². The maximum absolute atomic E-state index is 14.6. The number of nitrogens with zero attached hydrogens (tertiary/aromatic N) is 4. The molecule has 0 N–H and O–H groups in total. The molecule has 4 rings (SSSR count). The molecule has 7 heteroatoms. The second-order valence-corrected chi connectivity index (χ2v) is 7.95. The van der Waals surface area contributed by atoms with E-state index in [0.29, 0.717) is 16.7 Å². The summed E-state index contributed by atoms with van der Waals surface area (Å²) in [6, 6.07) is 11.2. The molecule has 1 aromatic heterocycles. The molecule has 5 nitrogen and oxygen atoms in total. The first kappa shape index (κ1) is 21.7. The van der Waals surface area contributed by atoms with Crippen molar-refractivity contribution in [3.8, 4) is 22.9 Å². The maximum Gasteiger partial charge on any atom is 0.225 e. The van der Waals surface area contributed by atoms with E-state index < -0.39 is 11.6 Å². The Bertz CT molecular complexity index is 1100. The quantitative estimate of drug-likeness (QED) is 0.537. The average molecular weight is 434 g/mol. The lowest BCUT2D eigenvalue weighted by Gasteiger charge is -2.31. The Morgan fingerprint density at radius 3 is 2.38 bits per heavy atom. The fraction of sp³-hybridized carbons (Fsp3) is 0.320. The smallest absolute Gasteiger partial charge is 0.225 e. The molecule has 1 aliphatic rings. The molecule has 1 aliphatic heterocycles. The zero-order chi connectivity index (χ0) is 22.5. The SMILES string of the molecule is CCc1cnc(N2CCC(COc3c(F)cc(-c4cccc(C#N)c4)cc3F)CC2)nc1. The van der Waals surface area contributed by atoms with Crippen LogP contribution in [0.1, 0.15) is 30.9 Å². The van der Waals surface area contributed by atoms with Crippen LogP contribution < -0.4 is 9.64 Å². The average Bonchev–Trinajstić information content (AvgIpc) is 2.84. The van der Waals surface area contributed by atoms with Crippen LogP contribution in [0.5, 0.6) is 5.75 Å². The number of ether oxygens (including phenoxy) is 1. The summed E-state index contributed by atoms with van der Waals surface area (Å²) in [6.45, 7) is 3.87. The minimum atomic E-state index is -0.746. The lowest BCUT2D eigenvalue weighted by Crippen LogP contribution is -2.36. The summed E-state index contributed by atoms with van der Waals surface area (Å²) in [4.78, 5) is 11.0. The third-order valence-corrected chi connectivity index (χ3v) is 5.78. The van der Waals surface area contributed by atoms with Gasteiger partial charge >= 0.3 is 0 Å². The van der Waals surface area contributed by atoms with Crippen LogP contribution in [0.4, 0.5) is 14.7 Å². The Morgan fingerprint density at radius 1 is 1.06 bits per heavy atom. The Hall–Kier alpha value is -3.53. The number of nitriles is 1. The molecular weight excluding hydrogens is 410 g/mol. The summed E-state index contributed by atoms with van der Waals surface area (Å²) >= 11 is 0. The summed E-state index contributed by atoms with van der Waals surface area (Å²) in [6.07, 6.45) is 6.27. The van der Waals surface area contributed by atoms with E-state index in [2.05, 4.69) is 21.8 Å². The monoisotopic (exact) mass is 434 g/mol. The molecule has 164 valence electrons. The van der Waals surface area contributed by atoms with Gasteiger partial charge in [0.15, 0.2) is 17.4 Å². The molecule has 1 fully saturated rings. The largest absolute Gasteiger partial charge is 0.487 e. The molecule has 0 aliphatic carbocycles. The number of aromatic nitrogens is 2. The van der Waals surface area contributed by atoms with E-state index >= 15 is 0 Å². The van der Waals surface area contributed by atoms with Gasteiger partial charge in [-0.25, -0.2) is 18.7 Å². The first-order valence-corrected chi connectivity index (χ1v) is 10.8. The van der Waals surface area contributed by atoms with Gasteiger partial charge in [0.2, 0.25) is 5.95 Å². The van der Waals surface area contributed by atoms with E-state index in [1.165, 1.54) is 12.1 Å². The van der Waals surface area contributed by atoms with Gasteiger partial charge in [-0.3, -0.25) is 0 Å². The lowest BCUT2D eigenvalue weighted by atomic mass is 9.98. The Morgan fingerprint density at radius 2 is 1.75 bits per heavy atom. The number of rotatable bonds is 6. The molecule has 0 saturated carbocycles. The van der Waals surface area contributed by atoms with Gasteiger partial charge in [0.1, 0.15) is 0 Å². The van der Waals surface area contributed by atoms with Crippen LogP contribution >= 0.6 is 0 Å². The van der Waals surface area contributed by atoms with Crippen LogP contribution in [-0.2, 0) is 6.42 Å². The van der Waals surface area contributed by atoms with Gasteiger partial charge < -0.3 is 9.64 Å². The lowest BCUT2D eigenvalue weighted by molar-refractivity contribution is 0.207. The molecule has 0 radical (unpaired) electrons. The second kappa shape index (κ2) is 9.73. The number of hydrogen-bond acceptors (Lipinski definition) is 5. The number of aryl methyl sites for hydroxylation is 1. The molecule has 2 aromatic carbocycles. The minimum Gasteiger partial charge on any atom is -0.487 e. The number of benzene rings is 2. The Kier molecular flexibility index (Phi) is 6.60. The van der Waals surface area contributed by atoms with Gasteiger partial charge in [-0.1, -0.05) is 19.1 Å². The first-order chi connectivity index (χ1) is 15.6. The second-order valence-electron chi connectivity index (χ2n) is 7.95. The van der Waals surface area contributed by atoms with Gasteiger partial charge in [0.25, 0.3) is 0 Å². The highest BCUT2D eigenvalue weighted by molar-refractivity contribution is 5.66. The molecule has 32 heavy (non-hydrogen) atoms. The van der Waals surface area contributed by atoms with Crippen molar-refractivity contribution in [3.63, 3.8) is 0 Å². The fourth-order valence-corrected chi connectivity index (χ4v) is 3.83. The van der Waals surface area contributed by atoms with E-state index in [9.17, 15) is 8.78 Å². The molecule has 0 atom stereocenters. The van der Waals surface area contributed by atoms with Crippen molar-refractivity contribution in [1.82, 2.24) is 9.97 Å². The summed E-state index contributed by atoms with van der Waals surface area (Å²) < 4.78 is 34.8. The van der Waals surface area contributed by atoms with Crippen molar-refractivity contribution in [1.29, 1.82) is 5.26 Å². The predicted octanol–water partition coefficient (Wildman–Crippen LogP) is 5.15. The highest BCUT2D eigenvalue weighted by Gasteiger charge is 2.23. The fourth-order valence-electron chi connectivity index (χ4n) is 3.83. The zero-order valence-electron chi connectivity index (χ0n) is 17.9. The van der Waals surface area contributed by atoms with Gasteiger partial charge in [0.05, 0.1) is 18.2 Å². The molecule has 3 aromatic rings. The number of hydrogen-bond donors (Lipinski definition) is 0. The van der Waals surface area contributed by atoms with Crippen molar-refractivity contribution in [2.75, 3.05) is 24.6 Å². The normalized spacial score (nSPS) is 14.2. The zero-order valence-corrected chi connectivity index (χ0v) is 17.9. The highest BCUT2D eigenvalue weighted by atomic mass is 19.1. The predicted molar refractivity (Wildman–Crippen MR) is 118 cm³/mol. The van der Waals surface area contributed by atoms with Crippen LogP contribution in [0.3, 0.4) is 0 Å². The third kappa shape index (κ3) is 4.86. The highest BCUT2D eigenvalue weighted by Crippen LogP contribution is 2.30. The van der Waals surface area contributed by atoms with Gasteiger partial charge in [-0.05, 0) is 66.1 Å². The number of anilines is 1. The molecular formula is C25H24F2N4O. The van der Waals surface area contributed by atoms with E-state index in [-0.39, 0.29) is 18.3 Å². The summed E-state index contributed by atoms with van der Waals surface area (Å²) in [5, 5.41) is 9.03. The van der Waals surface area contributed by atoms with Gasteiger partial charge in [0, 0.05) is 25.5 Å². The van der Waals surface area contributed by atoms with Crippen molar-refractivity contribution in [3.05, 3.63) is 71.6 Å². The summed E-state index contributed by atoms with van der Waals surface area (Å²) in [5.41, 5.74) is 2.48. The number of piperidine rings is 1. The van der Waals surface area contributed by atoms with E-state index in [0.717, 1.165) is 43.9 Å². The summed E-state index contributed by atoms with van der Waals surface area (Å²) in [5.74, 6) is -0.929. The van der Waals surface area contributed by atoms with Crippen LogP contribution in [0, 0.1) is 28.9 Å². The van der Waals surface area contributed by atoms with Gasteiger partial charge in [-0.15, -0.1) is 0 Å². The topological polar surface area (TPSA) is 62.0 Å². The van der Waals surface area contributed by atoms with Crippen molar-refractivity contribution >= 4 is 5.95 Å². The number of halogens is 2. The summed E-state index contributed by atoms with van der Waals surface area (Å²) in [7, 11) is 0. The van der Waals surface area contributed by atoms with Gasteiger partial charge in [-0.2, -0.15) is 5.26 Å². The first-order valence-electron chi connectivity index (χ1n) is 10.8. The van der Waals surface area contributed by atoms with Crippen LogP contribution in [0.15, 0.2) is 48.8 Å². The van der Waals surface area contributed by atoms with Crippen molar-refractivity contribution in [2.24, 2.45) is 5.92 Å². The van der Waals surface area contributed by atoms with Crippen molar-refractivity contribution < 1.29 is 13.5 Å². The van der Waals surface area contributed by atoms with E-state index in [4.69, 9.17) is 10.00 Å².